The number of pyridine rings is 1. The zero-order valence-electron chi connectivity index (χ0n) is 13.8. The van der Waals surface area contributed by atoms with Crippen molar-refractivity contribution in [3.05, 3.63) is 51.7 Å². The van der Waals surface area contributed by atoms with E-state index in [-0.39, 0.29) is 17.5 Å². The van der Waals surface area contributed by atoms with Crippen molar-refractivity contribution in [3.63, 3.8) is 0 Å². The van der Waals surface area contributed by atoms with Crippen LogP contribution in [0, 0.1) is 13.8 Å². The molecule has 0 spiro atoms. The first-order chi connectivity index (χ1) is 11.0. The molecule has 1 atom stereocenters. The molecule has 3 heterocycles. The van der Waals surface area contributed by atoms with Crippen LogP contribution in [-0.4, -0.2) is 37.7 Å². The van der Waals surface area contributed by atoms with Gasteiger partial charge in [0.2, 0.25) is 0 Å². The van der Waals surface area contributed by atoms with Gasteiger partial charge in [0.25, 0.3) is 11.5 Å². The minimum Gasteiger partial charge on any atom is -0.334 e. The van der Waals surface area contributed by atoms with E-state index in [1.165, 1.54) is 10.6 Å². The Kier molecular flexibility index (Phi) is 4.07. The number of likely N-dealkylation sites (tertiary alicyclic amines) is 1. The van der Waals surface area contributed by atoms with Crippen molar-refractivity contribution in [2.75, 3.05) is 6.54 Å². The van der Waals surface area contributed by atoms with Crippen LogP contribution in [0.1, 0.15) is 34.6 Å². The summed E-state index contributed by atoms with van der Waals surface area (Å²) < 4.78 is 3.43. The number of hydrogen-bond donors (Lipinski definition) is 0. The Hall–Kier alpha value is -2.37. The lowest BCUT2D eigenvalue weighted by molar-refractivity contribution is 0.0720. The Morgan fingerprint density at radius 1 is 1.35 bits per heavy atom. The van der Waals surface area contributed by atoms with E-state index in [4.69, 9.17) is 0 Å². The number of rotatable bonds is 3. The van der Waals surface area contributed by atoms with Crippen molar-refractivity contribution in [3.8, 4) is 0 Å². The van der Waals surface area contributed by atoms with E-state index >= 15 is 0 Å². The zero-order valence-corrected chi connectivity index (χ0v) is 13.8. The highest BCUT2D eigenvalue weighted by molar-refractivity contribution is 5.94. The van der Waals surface area contributed by atoms with Crippen molar-refractivity contribution in [1.82, 2.24) is 19.2 Å². The fourth-order valence-corrected chi connectivity index (χ4v) is 3.20. The molecule has 0 unspecified atom stereocenters. The second-order valence-corrected chi connectivity index (χ2v) is 6.27. The van der Waals surface area contributed by atoms with Crippen LogP contribution < -0.4 is 5.56 Å². The Labute approximate surface area is 135 Å². The summed E-state index contributed by atoms with van der Waals surface area (Å²) >= 11 is 0. The van der Waals surface area contributed by atoms with Crippen LogP contribution in [0.3, 0.4) is 0 Å². The highest BCUT2D eigenvalue weighted by atomic mass is 16.2. The third kappa shape index (κ3) is 3.06. The number of aryl methyl sites for hydroxylation is 3. The average Bonchev–Trinajstić information content (AvgIpc) is 3.08. The molecule has 1 fully saturated rings. The molecule has 0 aliphatic carbocycles. The zero-order chi connectivity index (χ0) is 16.6. The fraction of sp³-hybridized carbons (Fsp3) is 0.471. The second kappa shape index (κ2) is 6.02. The Morgan fingerprint density at radius 2 is 2.13 bits per heavy atom. The summed E-state index contributed by atoms with van der Waals surface area (Å²) in [6, 6.07) is 5.30. The molecule has 1 amide bonds. The van der Waals surface area contributed by atoms with E-state index < -0.39 is 0 Å². The normalized spacial score (nSPS) is 17.7. The second-order valence-electron chi connectivity index (χ2n) is 6.27. The van der Waals surface area contributed by atoms with Crippen LogP contribution in [0.4, 0.5) is 0 Å². The first kappa shape index (κ1) is 15.5. The van der Waals surface area contributed by atoms with Gasteiger partial charge in [-0.1, -0.05) is 0 Å². The monoisotopic (exact) mass is 314 g/mol. The highest BCUT2D eigenvalue weighted by Crippen LogP contribution is 2.21. The SMILES string of the molecule is Cc1cc(C)n(C[C@H]2CCCN2C(=O)c2ccn(C)c(=O)c2)n1. The van der Waals surface area contributed by atoms with Gasteiger partial charge in [0.05, 0.1) is 18.3 Å². The van der Waals surface area contributed by atoms with Gasteiger partial charge in [-0.15, -0.1) is 0 Å². The number of amides is 1. The lowest BCUT2D eigenvalue weighted by atomic mass is 10.2. The van der Waals surface area contributed by atoms with Crippen LogP contribution in [-0.2, 0) is 13.6 Å². The number of hydrogen-bond acceptors (Lipinski definition) is 3. The van der Waals surface area contributed by atoms with E-state index in [0.29, 0.717) is 12.1 Å². The highest BCUT2D eigenvalue weighted by Gasteiger charge is 2.30. The van der Waals surface area contributed by atoms with Gasteiger partial charge < -0.3 is 9.47 Å². The van der Waals surface area contributed by atoms with E-state index in [1.54, 1.807) is 19.3 Å². The predicted octanol–water partition coefficient (Wildman–Crippen LogP) is 1.50. The molecule has 6 heteroatoms. The van der Waals surface area contributed by atoms with E-state index in [0.717, 1.165) is 30.8 Å². The van der Waals surface area contributed by atoms with Gasteiger partial charge in [-0.05, 0) is 38.8 Å². The lowest BCUT2D eigenvalue weighted by Crippen LogP contribution is -2.39. The van der Waals surface area contributed by atoms with Gasteiger partial charge in [0.1, 0.15) is 0 Å². The third-order valence-corrected chi connectivity index (χ3v) is 4.48. The molecule has 23 heavy (non-hydrogen) atoms. The summed E-state index contributed by atoms with van der Waals surface area (Å²) in [6.07, 6.45) is 3.59. The van der Waals surface area contributed by atoms with E-state index in [9.17, 15) is 9.59 Å². The molecule has 2 aromatic heterocycles. The number of carbonyl (C=O) groups excluding carboxylic acids is 1. The maximum absolute atomic E-state index is 12.7. The van der Waals surface area contributed by atoms with Crippen LogP contribution >= 0.6 is 0 Å². The largest absolute Gasteiger partial charge is 0.334 e. The average molecular weight is 314 g/mol. The van der Waals surface area contributed by atoms with Crippen LogP contribution in [0.25, 0.3) is 0 Å². The Balaban J connectivity index is 1.80. The molecule has 6 nitrogen and oxygen atoms in total. The predicted molar refractivity (Wildman–Crippen MR) is 87.4 cm³/mol. The summed E-state index contributed by atoms with van der Waals surface area (Å²) in [5.74, 6) is -0.0632. The van der Waals surface area contributed by atoms with Crippen LogP contribution in [0.15, 0.2) is 29.2 Å². The molecule has 1 saturated heterocycles. The summed E-state index contributed by atoms with van der Waals surface area (Å²) in [6.45, 7) is 5.44. The molecule has 0 aromatic carbocycles. The van der Waals surface area contributed by atoms with Gasteiger partial charge >= 0.3 is 0 Å². The molecule has 1 aliphatic heterocycles. The number of carbonyl (C=O) groups is 1. The molecular formula is C17H22N4O2. The molecular weight excluding hydrogens is 292 g/mol. The summed E-state index contributed by atoms with van der Waals surface area (Å²) in [5.41, 5.74) is 2.40. The first-order valence-electron chi connectivity index (χ1n) is 7.94. The maximum atomic E-state index is 12.7. The Bertz CT molecular complexity index is 790. The summed E-state index contributed by atoms with van der Waals surface area (Å²) in [4.78, 5) is 26.4. The van der Waals surface area contributed by atoms with Gasteiger partial charge in [-0.25, -0.2) is 0 Å². The molecule has 0 N–H and O–H groups in total. The first-order valence-corrected chi connectivity index (χ1v) is 7.94. The quantitative estimate of drug-likeness (QED) is 0.862. The molecule has 0 saturated carbocycles. The minimum atomic E-state index is -0.162. The van der Waals surface area contributed by atoms with Crippen molar-refractivity contribution in [2.45, 2.75) is 39.3 Å². The Morgan fingerprint density at radius 3 is 2.78 bits per heavy atom. The summed E-state index contributed by atoms with van der Waals surface area (Å²) in [5, 5.41) is 4.49. The van der Waals surface area contributed by atoms with Gasteiger partial charge in [-0.2, -0.15) is 5.10 Å². The molecule has 2 aromatic rings. The van der Waals surface area contributed by atoms with Crippen molar-refractivity contribution >= 4 is 5.91 Å². The summed E-state index contributed by atoms with van der Waals surface area (Å²) in [7, 11) is 1.68. The maximum Gasteiger partial charge on any atom is 0.254 e. The van der Waals surface area contributed by atoms with Crippen molar-refractivity contribution in [2.24, 2.45) is 7.05 Å². The minimum absolute atomic E-state index is 0.0632. The fourth-order valence-electron chi connectivity index (χ4n) is 3.20. The lowest BCUT2D eigenvalue weighted by Gasteiger charge is -2.25. The smallest absolute Gasteiger partial charge is 0.254 e. The van der Waals surface area contributed by atoms with Crippen molar-refractivity contribution < 1.29 is 4.79 Å². The number of aromatic nitrogens is 3. The number of nitrogens with zero attached hydrogens (tertiary/aromatic N) is 4. The van der Waals surface area contributed by atoms with E-state index in [2.05, 4.69) is 5.10 Å². The van der Waals surface area contributed by atoms with Gasteiger partial charge in [-0.3, -0.25) is 14.3 Å². The molecule has 1 aliphatic rings. The van der Waals surface area contributed by atoms with Gasteiger partial charge in [0, 0.05) is 37.1 Å². The molecule has 122 valence electrons. The van der Waals surface area contributed by atoms with Crippen LogP contribution in [0.2, 0.25) is 0 Å². The standard InChI is InChI=1S/C17H22N4O2/c1-12-9-13(2)21(18-12)11-15-5-4-7-20(15)17(23)14-6-8-19(3)16(22)10-14/h6,8-10,15H,4-5,7,11H2,1-3H3/t15-/m1/s1. The van der Waals surface area contributed by atoms with Crippen LogP contribution in [0.5, 0.6) is 0 Å². The van der Waals surface area contributed by atoms with E-state index in [1.807, 2.05) is 29.5 Å². The topological polar surface area (TPSA) is 60.1 Å². The molecule has 3 rings (SSSR count). The molecule has 0 bridgehead atoms. The third-order valence-electron chi connectivity index (χ3n) is 4.48. The van der Waals surface area contributed by atoms with Crippen molar-refractivity contribution in [1.29, 1.82) is 0 Å². The van der Waals surface area contributed by atoms with Gasteiger partial charge in [0.15, 0.2) is 0 Å². The molecule has 0 radical (unpaired) electrons.